The average molecular weight is 101 g/mol. The first-order valence-corrected chi connectivity index (χ1v) is 2.21. The average Bonchev–Trinajstić information content (AvgIpc) is 1.36. The zero-order chi connectivity index (χ0) is 5.15. The fraction of sp³-hybridized carbons (Fsp3) is 1.00. The molecule has 0 amide bonds. The highest BCUT2D eigenvalue weighted by Gasteiger charge is 1.85. The summed E-state index contributed by atoms with van der Waals surface area (Å²) in [5.41, 5.74) is 0. The Labute approximate surface area is 42.2 Å². The van der Waals surface area contributed by atoms with Gasteiger partial charge in [-0.25, -0.2) is 0 Å². The van der Waals surface area contributed by atoms with Crippen LogP contribution in [-0.2, 0) is 0 Å². The van der Waals surface area contributed by atoms with E-state index in [4.69, 9.17) is 0 Å². The van der Waals surface area contributed by atoms with E-state index in [9.17, 15) is 0 Å². The first-order valence-electron chi connectivity index (χ1n) is 1.77. The molecule has 0 aromatic rings. The van der Waals surface area contributed by atoms with Gasteiger partial charge >= 0.3 is 0 Å². The number of hydrogen-bond donors (Lipinski definition) is 0. The monoisotopic (exact) mass is 101 g/mol. The van der Waals surface area contributed by atoms with Crippen LogP contribution in [0.3, 0.4) is 0 Å². The molecule has 0 atom stereocenters. The van der Waals surface area contributed by atoms with Gasteiger partial charge in [-0.05, 0) is 7.05 Å². The second kappa shape index (κ2) is 2.33. The molecule has 0 aliphatic rings. The van der Waals surface area contributed by atoms with Gasteiger partial charge in [0.2, 0.25) is 0 Å². The van der Waals surface area contributed by atoms with Crippen molar-refractivity contribution in [2.45, 2.75) is 0 Å². The summed E-state index contributed by atoms with van der Waals surface area (Å²) in [6.07, 6.45) is 0. The summed E-state index contributed by atoms with van der Waals surface area (Å²) >= 11 is 0. The van der Waals surface area contributed by atoms with E-state index in [2.05, 4.69) is 10.4 Å². The molecule has 0 spiro atoms. The highest BCUT2D eigenvalue weighted by atomic mass is 28.2. The predicted molar refractivity (Wildman–Crippen MR) is 27.2 cm³/mol. The molecule has 0 rings (SSSR count). The summed E-state index contributed by atoms with van der Waals surface area (Å²) in [6, 6.07) is 0. The molecule has 0 unspecified atom stereocenters. The first-order chi connectivity index (χ1) is 2.64. The molecule has 0 aromatic heterocycles. The van der Waals surface area contributed by atoms with Crippen LogP contribution in [0.2, 0.25) is 0 Å². The SMILES string of the molecule is CN(C)N(C)[Si]. The van der Waals surface area contributed by atoms with E-state index in [0.29, 0.717) is 0 Å². The zero-order valence-corrected chi connectivity index (χ0v) is 5.39. The molecule has 0 aromatic carbocycles. The Morgan fingerprint density at radius 1 is 1.17 bits per heavy atom. The summed E-state index contributed by atoms with van der Waals surface area (Å²) in [5.74, 6) is 0. The van der Waals surface area contributed by atoms with Crippen LogP contribution in [0, 0.1) is 0 Å². The summed E-state index contributed by atoms with van der Waals surface area (Å²) in [7, 11) is 9.06. The highest BCUT2D eigenvalue weighted by Crippen LogP contribution is 1.71. The van der Waals surface area contributed by atoms with Crippen LogP contribution in [0.25, 0.3) is 0 Å². The van der Waals surface area contributed by atoms with Crippen molar-refractivity contribution in [3.8, 4) is 0 Å². The number of hydrogen-bond acceptors (Lipinski definition) is 2. The maximum Gasteiger partial charge on any atom is 0.166 e. The van der Waals surface area contributed by atoms with Gasteiger partial charge in [-0.15, -0.1) is 0 Å². The van der Waals surface area contributed by atoms with Crippen molar-refractivity contribution in [2.75, 3.05) is 21.1 Å². The number of hydrazine groups is 1. The van der Waals surface area contributed by atoms with E-state index in [1.807, 2.05) is 26.2 Å². The highest BCUT2D eigenvalue weighted by molar-refractivity contribution is 6.03. The summed E-state index contributed by atoms with van der Waals surface area (Å²) < 4.78 is 1.81. The Balaban J connectivity index is 2.99. The molecule has 0 aliphatic carbocycles. The van der Waals surface area contributed by atoms with Crippen LogP contribution >= 0.6 is 0 Å². The first kappa shape index (κ1) is 6.14. The van der Waals surface area contributed by atoms with Crippen LogP contribution in [0.15, 0.2) is 0 Å². The van der Waals surface area contributed by atoms with Gasteiger partial charge in [-0.3, -0.25) is 9.68 Å². The minimum atomic E-state index is 1.81. The molecular formula is C3H9N2Si. The van der Waals surface area contributed by atoms with E-state index in [1.54, 1.807) is 4.67 Å². The van der Waals surface area contributed by atoms with Crippen molar-refractivity contribution >= 4 is 10.4 Å². The molecule has 0 N–H and O–H groups in total. The Kier molecular flexibility index (Phi) is 2.39. The molecule has 0 heterocycles. The number of nitrogens with zero attached hydrogens (tertiary/aromatic N) is 2. The van der Waals surface area contributed by atoms with Crippen LogP contribution in [0.1, 0.15) is 0 Å². The van der Waals surface area contributed by atoms with Crippen molar-refractivity contribution in [1.82, 2.24) is 9.68 Å². The summed E-state index contributed by atoms with van der Waals surface area (Å²) in [4.78, 5) is 0. The quantitative estimate of drug-likeness (QED) is 0.324. The van der Waals surface area contributed by atoms with Gasteiger partial charge in [-0.1, -0.05) is 0 Å². The summed E-state index contributed by atoms with van der Waals surface area (Å²) in [5, 5.41) is 1.91. The predicted octanol–water partition coefficient (Wildman–Crippen LogP) is -0.522. The van der Waals surface area contributed by atoms with Crippen molar-refractivity contribution in [3.05, 3.63) is 0 Å². The standard InChI is InChI=1S/C3H9N2Si/c1-4(2)5(3)6/h1-3H3. The minimum absolute atomic E-state index is 1.81. The van der Waals surface area contributed by atoms with Gasteiger partial charge < -0.3 is 0 Å². The lowest BCUT2D eigenvalue weighted by atomic mass is 11.1. The normalized spacial score (nSPS) is 11.0. The molecule has 0 saturated carbocycles. The third-order valence-electron chi connectivity index (χ3n) is 0.600. The second-order valence-corrected chi connectivity index (χ2v) is 2.02. The molecule has 2 nitrogen and oxygen atoms in total. The third kappa shape index (κ3) is 2.38. The molecule has 0 bridgehead atoms. The van der Waals surface area contributed by atoms with E-state index in [1.165, 1.54) is 0 Å². The second-order valence-electron chi connectivity index (χ2n) is 1.37. The minimum Gasteiger partial charge on any atom is -0.272 e. The van der Waals surface area contributed by atoms with Gasteiger partial charge in [0.15, 0.2) is 10.4 Å². The number of rotatable bonds is 1. The van der Waals surface area contributed by atoms with Gasteiger partial charge in [0.05, 0.1) is 0 Å². The van der Waals surface area contributed by atoms with E-state index in [-0.39, 0.29) is 0 Å². The lowest BCUT2D eigenvalue weighted by Gasteiger charge is -2.17. The molecule has 0 saturated heterocycles. The Morgan fingerprint density at radius 3 is 1.33 bits per heavy atom. The Bertz CT molecular complexity index is 29.8. The van der Waals surface area contributed by atoms with Gasteiger partial charge in [0, 0.05) is 14.1 Å². The van der Waals surface area contributed by atoms with Crippen LogP contribution < -0.4 is 0 Å². The topological polar surface area (TPSA) is 6.48 Å². The fourth-order valence-electron chi connectivity index (χ4n) is 0. The molecule has 35 valence electrons. The van der Waals surface area contributed by atoms with Crippen molar-refractivity contribution in [2.24, 2.45) is 0 Å². The third-order valence-corrected chi connectivity index (χ3v) is 1.00. The molecule has 6 heavy (non-hydrogen) atoms. The Morgan fingerprint density at radius 2 is 1.33 bits per heavy atom. The van der Waals surface area contributed by atoms with Crippen molar-refractivity contribution in [1.29, 1.82) is 0 Å². The molecule has 3 heteroatoms. The van der Waals surface area contributed by atoms with Crippen LogP contribution in [0.4, 0.5) is 0 Å². The maximum absolute atomic E-state index is 3.24. The molecular weight excluding hydrogens is 92.1 g/mol. The molecule has 0 aliphatic heterocycles. The van der Waals surface area contributed by atoms with E-state index >= 15 is 0 Å². The smallest absolute Gasteiger partial charge is 0.166 e. The molecule has 3 radical (unpaired) electrons. The fourth-order valence-corrected chi connectivity index (χ4v) is 0. The Hall–Kier alpha value is 0.137. The van der Waals surface area contributed by atoms with Crippen molar-refractivity contribution < 1.29 is 0 Å². The van der Waals surface area contributed by atoms with Gasteiger partial charge in [0.1, 0.15) is 0 Å². The summed E-state index contributed by atoms with van der Waals surface area (Å²) in [6.45, 7) is 0. The van der Waals surface area contributed by atoms with Crippen molar-refractivity contribution in [3.63, 3.8) is 0 Å². The zero-order valence-electron chi connectivity index (χ0n) is 4.39. The molecule has 0 fully saturated rings. The van der Waals surface area contributed by atoms with Crippen LogP contribution in [0.5, 0.6) is 0 Å². The van der Waals surface area contributed by atoms with E-state index < -0.39 is 0 Å². The van der Waals surface area contributed by atoms with E-state index in [0.717, 1.165) is 0 Å². The maximum atomic E-state index is 3.24. The lowest BCUT2D eigenvalue weighted by Crippen LogP contribution is -2.30. The van der Waals surface area contributed by atoms with Crippen LogP contribution in [-0.4, -0.2) is 41.2 Å². The van der Waals surface area contributed by atoms with Gasteiger partial charge in [0.25, 0.3) is 0 Å². The lowest BCUT2D eigenvalue weighted by molar-refractivity contribution is 0.166. The largest absolute Gasteiger partial charge is 0.272 e. The van der Waals surface area contributed by atoms with Gasteiger partial charge in [-0.2, -0.15) is 0 Å².